The number of hydrogen-bond acceptors (Lipinski definition) is 4. The van der Waals surface area contributed by atoms with Crippen molar-refractivity contribution in [2.75, 3.05) is 25.4 Å². The summed E-state index contributed by atoms with van der Waals surface area (Å²) in [6.07, 6.45) is 2.80. The van der Waals surface area contributed by atoms with Gasteiger partial charge in [0.2, 0.25) is 0 Å². The molecular formula is C22H28ClN3O3. The van der Waals surface area contributed by atoms with Gasteiger partial charge in [-0.05, 0) is 49.6 Å². The average molecular weight is 418 g/mol. The van der Waals surface area contributed by atoms with E-state index in [0.717, 1.165) is 31.5 Å². The lowest BCUT2D eigenvalue weighted by molar-refractivity contribution is -0.132. The fourth-order valence-corrected chi connectivity index (χ4v) is 3.37. The maximum absolute atomic E-state index is 12.6. The van der Waals surface area contributed by atoms with Crippen molar-refractivity contribution < 1.29 is 14.3 Å². The Morgan fingerprint density at radius 2 is 1.76 bits per heavy atom. The number of rotatable bonds is 7. The number of benzene rings is 2. The Hall–Kier alpha value is -2.73. The first-order chi connectivity index (χ1) is 13.6. The maximum Gasteiger partial charge on any atom is 0.260 e. The highest BCUT2D eigenvalue weighted by molar-refractivity contribution is 5.94. The molecular weight excluding hydrogens is 390 g/mol. The molecule has 2 aromatic carbocycles. The Bertz CT molecular complexity index is 820. The first-order valence-corrected chi connectivity index (χ1v) is 9.74. The first-order valence-electron chi connectivity index (χ1n) is 9.74. The molecule has 3 N–H and O–H groups in total. The zero-order chi connectivity index (χ0) is 19.9. The van der Waals surface area contributed by atoms with Crippen molar-refractivity contribution in [3.63, 3.8) is 0 Å². The Morgan fingerprint density at radius 1 is 1.10 bits per heavy atom. The predicted molar refractivity (Wildman–Crippen MR) is 116 cm³/mol. The van der Waals surface area contributed by atoms with Crippen LogP contribution in [-0.2, 0) is 4.79 Å². The average Bonchev–Trinajstić information content (AvgIpc) is 3.26. The largest absolute Gasteiger partial charge is 0.483 e. The van der Waals surface area contributed by atoms with Crippen LogP contribution in [0.15, 0.2) is 48.5 Å². The lowest BCUT2D eigenvalue weighted by Gasteiger charge is -2.22. The third kappa shape index (κ3) is 5.87. The molecule has 0 aromatic heterocycles. The lowest BCUT2D eigenvalue weighted by atomic mass is 10.0. The Morgan fingerprint density at radius 3 is 2.41 bits per heavy atom. The van der Waals surface area contributed by atoms with E-state index in [9.17, 15) is 9.59 Å². The monoisotopic (exact) mass is 417 g/mol. The Labute approximate surface area is 177 Å². The van der Waals surface area contributed by atoms with Gasteiger partial charge in [0, 0.05) is 29.9 Å². The second kappa shape index (κ2) is 10.7. The molecule has 156 valence electrons. The fourth-order valence-electron chi connectivity index (χ4n) is 3.37. The number of nitrogen functional groups attached to an aromatic ring is 1. The Kier molecular flexibility index (Phi) is 8.34. The smallest absolute Gasteiger partial charge is 0.260 e. The molecule has 0 aliphatic carbocycles. The molecule has 1 atom stereocenters. The molecule has 2 aromatic rings. The summed E-state index contributed by atoms with van der Waals surface area (Å²) in [5.74, 6) is 0.459. The van der Waals surface area contributed by atoms with E-state index in [1.54, 1.807) is 24.3 Å². The topological polar surface area (TPSA) is 84.7 Å². The quantitative estimate of drug-likeness (QED) is 0.674. The van der Waals surface area contributed by atoms with Gasteiger partial charge in [0.1, 0.15) is 5.75 Å². The van der Waals surface area contributed by atoms with Gasteiger partial charge >= 0.3 is 0 Å². The molecule has 1 unspecified atom stereocenters. The second-order valence-electron chi connectivity index (χ2n) is 6.97. The number of para-hydroxylation sites is 1. The van der Waals surface area contributed by atoms with Crippen LogP contribution in [0.3, 0.4) is 0 Å². The van der Waals surface area contributed by atoms with Crippen LogP contribution in [0.1, 0.15) is 48.1 Å². The van der Waals surface area contributed by atoms with Crippen molar-refractivity contribution in [2.24, 2.45) is 0 Å². The van der Waals surface area contributed by atoms with Gasteiger partial charge in [-0.3, -0.25) is 9.59 Å². The van der Waals surface area contributed by atoms with E-state index in [1.807, 2.05) is 36.1 Å². The highest BCUT2D eigenvalue weighted by atomic mass is 35.5. The molecule has 3 rings (SSSR count). The molecule has 1 aliphatic rings. The Balaban J connectivity index is 0.00000300. The summed E-state index contributed by atoms with van der Waals surface area (Å²) in [5.41, 5.74) is 7.72. The second-order valence-corrected chi connectivity index (χ2v) is 6.97. The van der Waals surface area contributed by atoms with Crippen molar-refractivity contribution in [2.45, 2.75) is 32.2 Å². The minimum Gasteiger partial charge on any atom is -0.483 e. The van der Waals surface area contributed by atoms with Crippen LogP contribution in [0.4, 0.5) is 5.69 Å². The van der Waals surface area contributed by atoms with E-state index in [-0.39, 0.29) is 36.9 Å². The highest BCUT2D eigenvalue weighted by Crippen LogP contribution is 2.27. The van der Waals surface area contributed by atoms with E-state index in [4.69, 9.17) is 10.5 Å². The summed E-state index contributed by atoms with van der Waals surface area (Å²) in [4.78, 5) is 26.7. The van der Waals surface area contributed by atoms with Crippen LogP contribution in [0.2, 0.25) is 0 Å². The minimum absolute atomic E-state index is 0. The lowest BCUT2D eigenvalue weighted by Crippen LogP contribution is -2.32. The molecule has 6 nitrogen and oxygen atoms in total. The van der Waals surface area contributed by atoms with Gasteiger partial charge in [0.15, 0.2) is 6.61 Å². The number of nitrogens with zero attached hydrogens (tertiary/aromatic N) is 1. The van der Waals surface area contributed by atoms with Crippen molar-refractivity contribution in [3.8, 4) is 5.75 Å². The summed E-state index contributed by atoms with van der Waals surface area (Å²) in [6.45, 7) is 3.62. The maximum atomic E-state index is 12.6. The minimum atomic E-state index is -0.219. The summed E-state index contributed by atoms with van der Waals surface area (Å²) in [5, 5.41) is 3.05. The molecule has 1 aliphatic heterocycles. The third-order valence-corrected chi connectivity index (χ3v) is 4.99. The van der Waals surface area contributed by atoms with Gasteiger partial charge in [0.25, 0.3) is 11.8 Å². The zero-order valence-electron chi connectivity index (χ0n) is 16.6. The van der Waals surface area contributed by atoms with Gasteiger partial charge in [-0.15, -0.1) is 12.4 Å². The molecule has 29 heavy (non-hydrogen) atoms. The van der Waals surface area contributed by atoms with Gasteiger partial charge in [-0.25, -0.2) is 0 Å². The number of hydrogen-bond donors (Lipinski definition) is 2. The van der Waals surface area contributed by atoms with E-state index in [0.29, 0.717) is 23.4 Å². The fraction of sp³-hybridized carbons (Fsp3) is 0.364. The van der Waals surface area contributed by atoms with Crippen LogP contribution in [-0.4, -0.2) is 36.4 Å². The van der Waals surface area contributed by atoms with Gasteiger partial charge < -0.3 is 20.7 Å². The van der Waals surface area contributed by atoms with E-state index in [2.05, 4.69) is 5.32 Å². The molecule has 7 heteroatoms. The summed E-state index contributed by atoms with van der Waals surface area (Å²) >= 11 is 0. The SMILES string of the molecule is CCC(NC(=O)c1ccc(N)cc1)c1ccccc1OCC(=O)N1CCCC1.Cl. The van der Waals surface area contributed by atoms with Crippen LogP contribution in [0.5, 0.6) is 5.75 Å². The number of nitrogens with two attached hydrogens (primary N) is 1. The van der Waals surface area contributed by atoms with Crippen LogP contribution in [0.25, 0.3) is 0 Å². The molecule has 1 saturated heterocycles. The van der Waals surface area contributed by atoms with Crippen molar-refractivity contribution >= 4 is 29.9 Å². The summed E-state index contributed by atoms with van der Waals surface area (Å²) < 4.78 is 5.84. The normalized spacial score (nSPS) is 14.0. The van der Waals surface area contributed by atoms with Crippen LogP contribution < -0.4 is 15.8 Å². The number of carbonyl (C=O) groups is 2. The van der Waals surface area contributed by atoms with E-state index < -0.39 is 0 Å². The summed E-state index contributed by atoms with van der Waals surface area (Å²) in [7, 11) is 0. The number of likely N-dealkylation sites (tertiary alicyclic amines) is 1. The number of halogens is 1. The molecule has 0 spiro atoms. The number of amides is 2. The molecule has 1 fully saturated rings. The van der Waals surface area contributed by atoms with Gasteiger partial charge in [-0.2, -0.15) is 0 Å². The van der Waals surface area contributed by atoms with E-state index in [1.165, 1.54) is 0 Å². The van der Waals surface area contributed by atoms with Crippen molar-refractivity contribution in [1.29, 1.82) is 0 Å². The number of anilines is 1. The van der Waals surface area contributed by atoms with Crippen LogP contribution >= 0.6 is 12.4 Å². The molecule has 0 radical (unpaired) electrons. The zero-order valence-corrected chi connectivity index (χ0v) is 17.4. The van der Waals surface area contributed by atoms with E-state index >= 15 is 0 Å². The summed E-state index contributed by atoms with van der Waals surface area (Å²) in [6, 6.07) is 14.1. The number of ether oxygens (including phenoxy) is 1. The highest BCUT2D eigenvalue weighted by Gasteiger charge is 2.21. The molecule has 0 saturated carbocycles. The van der Waals surface area contributed by atoms with Crippen molar-refractivity contribution in [1.82, 2.24) is 10.2 Å². The van der Waals surface area contributed by atoms with Gasteiger partial charge in [0.05, 0.1) is 6.04 Å². The predicted octanol–water partition coefficient (Wildman–Crippen LogP) is 3.57. The number of carbonyl (C=O) groups excluding carboxylic acids is 2. The third-order valence-electron chi connectivity index (χ3n) is 4.99. The van der Waals surface area contributed by atoms with Crippen molar-refractivity contribution in [3.05, 3.63) is 59.7 Å². The molecule has 2 amide bonds. The molecule has 0 bridgehead atoms. The van der Waals surface area contributed by atoms with Gasteiger partial charge in [-0.1, -0.05) is 25.1 Å². The molecule has 1 heterocycles. The standard InChI is InChI=1S/C22H27N3O3.ClH/c1-2-19(24-22(27)16-9-11-17(23)12-10-16)18-7-3-4-8-20(18)28-15-21(26)25-13-5-6-14-25;/h3-4,7-12,19H,2,5-6,13-15,23H2,1H3,(H,24,27);1H. The first kappa shape index (κ1) is 22.6. The number of nitrogens with one attached hydrogen (secondary N) is 1. The van der Waals surface area contributed by atoms with Crippen LogP contribution in [0, 0.1) is 0 Å².